The fraction of sp³-hybridized carbons (Fsp3) is 0.114. The molecule has 186 valence electrons. The Balaban J connectivity index is 1.45. The molecule has 0 heterocycles. The summed E-state index contributed by atoms with van der Waals surface area (Å²) in [4.78, 5) is 14.0. The second-order valence-corrected chi connectivity index (χ2v) is 9.64. The third-order valence-corrected chi connectivity index (χ3v) is 7.32. The summed E-state index contributed by atoms with van der Waals surface area (Å²) in [5.41, 5.74) is 6.75. The normalized spacial score (nSPS) is 13.9. The highest BCUT2D eigenvalue weighted by atomic mass is 16.5. The molecule has 1 aliphatic carbocycles. The van der Waals surface area contributed by atoms with Gasteiger partial charge in [-0.2, -0.15) is 0 Å². The van der Waals surface area contributed by atoms with Gasteiger partial charge >= 0.3 is 0 Å². The van der Waals surface area contributed by atoms with Gasteiger partial charge in [0.25, 0.3) is 0 Å². The van der Waals surface area contributed by atoms with Crippen LogP contribution in [0.25, 0.3) is 11.1 Å². The maximum absolute atomic E-state index is 14.0. The van der Waals surface area contributed by atoms with Crippen molar-refractivity contribution in [1.29, 1.82) is 0 Å². The molecule has 1 N–H and O–H groups in total. The first-order valence-corrected chi connectivity index (χ1v) is 13.0. The van der Waals surface area contributed by atoms with Crippen LogP contribution in [0.4, 0.5) is 0 Å². The SMILES string of the molecule is O=C(c1ccccc1)[C@H](COCc1ccccc1)NC1(c2ccccc2)c2ccccc2-c2ccccc21. The first kappa shape index (κ1) is 24.1. The van der Waals surface area contributed by atoms with Crippen LogP contribution in [0.5, 0.6) is 0 Å². The summed E-state index contributed by atoms with van der Waals surface area (Å²) in [7, 11) is 0. The van der Waals surface area contributed by atoms with Gasteiger partial charge in [-0.15, -0.1) is 0 Å². The summed E-state index contributed by atoms with van der Waals surface area (Å²) < 4.78 is 6.21. The molecule has 6 rings (SSSR count). The Hall–Kier alpha value is -4.31. The highest BCUT2D eigenvalue weighted by Gasteiger charge is 2.46. The second kappa shape index (κ2) is 10.6. The molecule has 0 aliphatic heterocycles. The van der Waals surface area contributed by atoms with Crippen LogP contribution in [0, 0.1) is 0 Å². The molecule has 3 nitrogen and oxygen atoms in total. The number of ketones is 1. The number of fused-ring (bicyclic) bond motifs is 3. The molecule has 1 atom stereocenters. The van der Waals surface area contributed by atoms with Gasteiger partial charge in [-0.3, -0.25) is 10.1 Å². The Morgan fingerprint density at radius 1 is 0.632 bits per heavy atom. The third-order valence-electron chi connectivity index (χ3n) is 7.32. The molecule has 5 aromatic carbocycles. The third kappa shape index (κ3) is 4.37. The number of hydrogen-bond donors (Lipinski definition) is 1. The van der Waals surface area contributed by atoms with Crippen molar-refractivity contribution in [1.82, 2.24) is 5.32 Å². The van der Waals surface area contributed by atoms with Crippen LogP contribution in [0.1, 0.15) is 32.6 Å². The van der Waals surface area contributed by atoms with Crippen molar-refractivity contribution in [2.75, 3.05) is 6.61 Å². The first-order valence-electron chi connectivity index (χ1n) is 13.0. The highest BCUT2D eigenvalue weighted by Crippen LogP contribution is 2.51. The van der Waals surface area contributed by atoms with Crippen molar-refractivity contribution in [2.45, 2.75) is 18.2 Å². The molecule has 1 aliphatic rings. The van der Waals surface area contributed by atoms with Crippen LogP contribution in [0.15, 0.2) is 140 Å². The topological polar surface area (TPSA) is 38.3 Å². The van der Waals surface area contributed by atoms with E-state index in [4.69, 9.17) is 4.74 Å². The number of nitrogens with one attached hydrogen (secondary N) is 1. The summed E-state index contributed by atoms with van der Waals surface area (Å²) in [5, 5.41) is 3.87. The van der Waals surface area contributed by atoms with E-state index in [1.165, 1.54) is 11.1 Å². The molecule has 0 saturated heterocycles. The van der Waals surface area contributed by atoms with E-state index in [1.54, 1.807) is 0 Å². The standard InChI is InChI=1S/C35H29NO2/c37-34(27-16-6-2-7-17-27)33(25-38-24-26-14-4-1-5-15-26)36-35(28-18-8-3-9-19-28)31-22-12-10-20-29(31)30-21-11-13-23-32(30)35/h1-23,33,36H,24-25H2/t33-/m0/s1. The monoisotopic (exact) mass is 495 g/mol. The number of benzene rings is 5. The molecule has 0 amide bonds. The van der Waals surface area contributed by atoms with Crippen molar-refractivity contribution < 1.29 is 9.53 Å². The van der Waals surface area contributed by atoms with Crippen molar-refractivity contribution in [2.24, 2.45) is 0 Å². The minimum Gasteiger partial charge on any atom is -0.375 e. The van der Waals surface area contributed by atoms with Crippen LogP contribution in [-0.2, 0) is 16.9 Å². The predicted octanol–water partition coefficient (Wildman–Crippen LogP) is 7.02. The van der Waals surface area contributed by atoms with E-state index < -0.39 is 11.6 Å². The lowest BCUT2D eigenvalue weighted by Gasteiger charge is -2.37. The summed E-state index contributed by atoms with van der Waals surface area (Å²) in [6, 6.07) is 46.4. The van der Waals surface area contributed by atoms with Crippen molar-refractivity contribution >= 4 is 5.78 Å². The van der Waals surface area contributed by atoms with Crippen molar-refractivity contribution in [3.63, 3.8) is 0 Å². The van der Waals surface area contributed by atoms with Crippen molar-refractivity contribution in [3.05, 3.63) is 167 Å². The minimum atomic E-state index is -0.709. The number of ether oxygens (including phenoxy) is 1. The number of Topliss-reactive ketones (excluding diaryl/α,β-unsaturated/α-hetero) is 1. The van der Waals surface area contributed by atoms with Crippen LogP contribution in [0.3, 0.4) is 0 Å². The lowest BCUT2D eigenvalue weighted by atomic mass is 9.79. The first-order chi connectivity index (χ1) is 18.8. The Morgan fingerprint density at radius 3 is 1.74 bits per heavy atom. The van der Waals surface area contributed by atoms with E-state index in [-0.39, 0.29) is 12.4 Å². The molecule has 38 heavy (non-hydrogen) atoms. The zero-order valence-electron chi connectivity index (χ0n) is 21.1. The quantitative estimate of drug-likeness (QED) is 0.223. The van der Waals surface area contributed by atoms with Gasteiger partial charge in [0.1, 0.15) is 0 Å². The van der Waals surface area contributed by atoms with Gasteiger partial charge in [-0.25, -0.2) is 0 Å². The van der Waals surface area contributed by atoms with Crippen LogP contribution < -0.4 is 5.32 Å². The number of carbonyl (C=O) groups is 1. The molecule has 0 bridgehead atoms. The fourth-order valence-electron chi connectivity index (χ4n) is 5.59. The van der Waals surface area contributed by atoms with E-state index in [2.05, 4.69) is 78.1 Å². The predicted molar refractivity (Wildman–Crippen MR) is 152 cm³/mol. The summed E-state index contributed by atoms with van der Waals surface area (Å²) in [6.07, 6.45) is 0. The maximum Gasteiger partial charge on any atom is 0.182 e. The Bertz CT molecular complexity index is 1490. The van der Waals surface area contributed by atoms with Gasteiger partial charge in [0, 0.05) is 5.56 Å². The lowest BCUT2D eigenvalue weighted by Crippen LogP contribution is -2.53. The van der Waals surface area contributed by atoms with E-state index >= 15 is 0 Å². The zero-order valence-corrected chi connectivity index (χ0v) is 21.1. The summed E-state index contributed by atoms with van der Waals surface area (Å²) in [5.74, 6) is 0.0100. The maximum atomic E-state index is 14.0. The Labute approximate surface area is 223 Å². The second-order valence-electron chi connectivity index (χ2n) is 9.64. The molecule has 0 aromatic heterocycles. The van der Waals surface area contributed by atoms with Crippen LogP contribution >= 0.6 is 0 Å². The highest BCUT2D eigenvalue weighted by molar-refractivity contribution is 6.00. The number of carbonyl (C=O) groups excluding carboxylic acids is 1. The number of rotatable bonds is 9. The van der Waals surface area contributed by atoms with E-state index in [0.717, 1.165) is 22.3 Å². The molecule has 0 unspecified atom stereocenters. The van der Waals surface area contributed by atoms with Gasteiger partial charge in [-0.05, 0) is 33.4 Å². The molecule has 5 aromatic rings. The number of hydrogen-bond acceptors (Lipinski definition) is 3. The van der Waals surface area contributed by atoms with Crippen LogP contribution in [0.2, 0.25) is 0 Å². The lowest BCUT2D eigenvalue weighted by molar-refractivity contribution is 0.0695. The van der Waals surface area contributed by atoms with Gasteiger partial charge in [0.2, 0.25) is 0 Å². The average Bonchev–Trinajstić information content (AvgIpc) is 3.28. The van der Waals surface area contributed by atoms with E-state index in [9.17, 15) is 4.79 Å². The fourth-order valence-corrected chi connectivity index (χ4v) is 5.59. The molecule has 0 fully saturated rings. The van der Waals surface area contributed by atoms with Crippen molar-refractivity contribution in [3.8, 4) is 11.1 Å². The van der Waals surface area contributed by atoms with Gasteiger partial charge in [-0.1, -0.05) is 140 Å². The molecular formula is C35H29NO2. The molecule has 3 heteroatoms. The molecule has 0 radical (unpaired) electrons. The summed E-state index contributed by atoms with van der Waals surface area (Å²) in [6.45, 7) is 0.675. The zero-order chi connectivity index (χ0) is 25.8. The Kier molecular flexibility index (Phi) is 6.70. The van der Waals surface area contributed by atoms with E-state index in [0.29, 0.717) is 12.2 Å². The van der Waals surface area contributed by atoms with Gasteiger partial charge < -0.3 is 4.74 Å². The summed E-state index contributed by atoms with van der Waals surface area (Å²) >= 11 is 0. The average molecular weight is 496 g/mol. The van der Waals surface area contributed by atoms with Gasteiger partial charge in [0.15, 0.2) is 5.78 Å². The largest absolute Gasteiger partial charge is 0.375 e. The smallest absolute Gasteiger partial charge is 0.182 e. The molecule has 0 saturated carbocycles. The Morgan fingerprint density at radius 2 is 1.13 bits per heavy atom. The molecule has 0 spiro atoms. The molecular weight excluding hydrogens is 466 g/mol. The van der Waals surface area contributed by atoms with Gasteiger partial charge in [0.05, 0.1) is 24.8 Å². The van der Waals surface area contributed by atoms with E-state index in [1.807, 2.05) is 66.7 Å². The van der Waals surface area contributed by atoms with Crippen LogP contribution in [-0.4, -0.2) is 18.4 Å². The minimum absolute atomic E-state index is 0.0100.